The van der Waals surface area contributed by atoms with Crippen LogP contribution in [0.25, 0.3) is 0 Å². The normalized spacial score (nSPS) is 19.0. The van der Waals surface area contributed by atoms with Crippen molar-refractivity contribution >= 4 is 40.7 Å². The third-order valence-corrected chi connectivity index (χ3v) is 6.12. The van der Waals surface area contributed by atoms with Crippen molar-refractivity contribution in [2.75, 3.05) is 19.3 Å². The number of nitrogens with zero attached hydrogens (tertiary/aromatic N) is 1. The predicted octanol–water partition coefficient (Wildman–Crippen LogP) is 2.87. The molecule has 136 valence electrons. The molecule has 1 aromatic rings. The minimum Gasteiger partial charge on any atom is -0.355 e. The molecule has 0 radical (unpaired) electrons. The maximum atomic E-state index is 12.1. The maximum absolute atomic E-state index is 12.1. The van der Waals surface area contributed by atoms with Gasteiger partial charge < -0.3 is 10.6 Å². The number of hydrogen-bond acceptors (Lipinski definition) is 2. The first-order chi connectivity index (χ1) is 10.9. The summed E-state index contributed by atoms with van der Waals surface area (Å²) < 4.78 is 11.9. The number of halogens is 1. The molecule has 2 atom stereocenters. The van der Waals surface area contributed by atoms with Gasteiger partial charge in [-0.1, -0.05) is 24.3 Å². The van der Waals surface area contributed by atoms with E-state index in [1.807, 2.05) is 20.8 Å². The molecule has 0 aromatic heterocycles. The average Bonchev–Trinajstić information content (AvgIpc) is 2.52. The lowest BCUT2D eigenvalue weighted by Gasteiger charge is -2.27. The Kier molecular flexibility index (Phi) is 8.70. The molecule has 0 amide bonds. The van der Waals surface area contributed by atoms with Gasteiger partial charge in [-0.3, -0.25) is 9.20 Å². The minimum atomic E-state index is -0.837. The first-order valence-corrected chi connectivity index (χ1v) is 9.64. The molecule has 0 saturated carbocycles. The van der Waals surface area contributed by atoms with Crippen molar-refractivity contribution in [3.05, 3.63) is 35.4 Å². The van der Waals surface area contributed by atoms with Crippen molar-refractivity contribution in [2.45, 2.75) is 50.8 Å². The number of fused-ring (bicyclic) bond motifs is 1. The second kappa shape index (κ2) is 9.75. The molecule has 0 saturated heterocycles. The smallest absolute Gasteiger partial charge is 0.191 e. The summed E-state index contributed by atoms with van der Waals surface area (Å²) in [5, 5.41) is 6.79. The van der Waals surface area contributed by atoms with Crippen molar-refractivity contribution < 1.29 is 4.21 Å². The number of aryl methyl sites for hydroxylation is 1. The number of guanidine groups is 1. The zero-order valence-corrected chi connectivity index (χ0v) is 18.2. The lowest BCUT2D eigenvalue weighted by molar-refractivity contribution is 0.521. The van der Waals surface area contributed by atoms with Crippen LogP contribution in [0.2, 0.25) is 0 Å². The third kappa shape index (κ3) is 6.35. The minimum absolute atomic E-state index is 0. The molecule has 1 aliphatic carbocycles. The summed E-state index contributed by atoms with van der Waals surface area (Å²) >= 11 is 0. The van der Waals surface area contributed by atoms with Crippen LogP contribution in [0, 0.1) is 0 Å². The molecule has 2 rings (SSSR count). The van der Waals surface area contributed by atoms with Gasteiger partial charge in [0.05, 0.1) is 0 Å². The standard InChI is InChI=1S/C18H29N3OS.HI/c1-18(2,3)23(22)12-11-20-17(19-4)21-16-10-9-14-7-5-6-8-15(14)13-16;/h5-8,16H,9-13H2,1-4H3,(H2,19,20,21);1H. The number of rotatable bonds is 4. The molecule has 6 heteroatoms. The Morgan fingerprint density at radius 3 is 2.58 bits per heavy atom. The molecule has 24 heavy (non-hydrogen) atoms. The Labute approximate surface area is 165 Å². The lowest BCUT2D eigenvalue weighted by atomic mass is 9.88. The Hall–Kier alpha value is -0.630. The maximum Gasteiger partial charge on any atom is 0.191 e. The summed E-state index contributed by atoms with van der Waals surface area (Å²) in [6.45, 7) is 6.70. The summed E-state index contributed by atoms with van der Waals surface area (Å²) in [4.78, 5) is 4.29. The average molecular weight is 463 g/mol. The highest BCUT2D eigenvalue weighted by Crippen LogP contribution is 2.20. The van der Waals surface area contributed by atoms with Gasteiger partial charge in [-0.2, -0.15) is 0 Å². The topological polar surface area (TPSA) is 53.5 Å². The first kappa shape index (κ1) is 21.4. The van der Waals surface area contributed by atoms with Crippen molar-refractivity contribution in [1.29, 1.82) is 0 Å². The van der Waals surface area contributed by atoms with Gasteiger partial charge in [-0.05, 0) is 51.2 Å². The summed E-state index contributed by atoms with van der Waals surface area (Å²) in [7, 11) is 0.947. The lowest BCUT2D eigenvalue weighted by Crippen LogP contribution is -2.46. The van der Waals surface area contributed by atoms with E-state index in [9.17, 15) is 4.21 Å². The van der Waals surface area contributed by atoms with E-state index < -0.39 is 10.8 Å². The van der Waals surface area contributed by atoms with Crippen LogP contribution >= 0.6 is 24.0 Å². The molecule has 0 heterocycles. The molecule has 2 N–H and O–H groups in total. The van der Waals surface area contributed by atoms with Crippen LogP contribution in [0.5, 0.6) is 0 Å². The highest BCUT2D eigenvalue weighted by atomic mass is 127. The molecular weight excluding hydrogens is 433 g/mol. The third-order valence-electron chi connectivity index (χ3n) is 4.17. The van der Waals surface area contributed by atoms with Gasteiger partial charge in [0.25, 0.3) is 0 Å². The zero-order chi connectivity index (χ0) is 16.9. The highest BCUT2D eigenvalue weighted by molar-refractivity contribution is 14.0. The number of hydrogen-bond donors (Lipinski definition) is 2. The van der Waals surface area contributed by atoms with E-state index in [1.54, 1.807) is 7.05 Å². The number of aliphatic imine (C=N–C) groups is 1. The Balaban J connectivity index is 0.00000288. The van der Waals surface area contributed by atoms with Gasteiger partial charge in [0.15, 0.2) is 5.96 Å². The Bertz CT molecular complexity index is 584. The molecule has 0 spiro atoms. The van der Waals surface area contributed by atoms with E-state index in [-0.39, 0.29) is 28.7 Å². The molecule has 1 aliphatic rings. The quantitative estimate of drug-likeness (QED) is 0.410. The van der Waals surface area contributed by atoms with E-state index in [2.05, 4.69) is 39.9 Å². The summed E-state index contributed by atoms with van der Waals surface area (Å²) in [5.41, 5.74) is 2.90. The molecular formula is C18H30IN3OS. The van der Waals surface area contributed by atoms with Crippen LogP contribution in [0.1, 0.15) is 38.3 Å². The van der Waals surface area contributed by atoms with Gasteiger partial charge in [0, 0.05) is 40.9 Å². The fraction of sp³-hybridized carbons (Fsp3) is 0.611. The van der Waals surface area contributed by atoms with Gasteiger partial charge in [-0.25, -0.2) is 0 Å². The largest absolute Gasteiger partial charge is 0.355 e. The number of nitrogens with one attached hydrogen (secondary N) is 2. The van der Waals surface area contributed by atoms with Crippen molar-refractivity contribution in [2.24, 2.45) is 4.99 Å². The second-order valence-electron chi connectivity index (χ2n) is 7.01. The summed E-state index contributed by atoms with van der Waals surface area (Å²) in [6.07, 6.45) is 3.26. The van der Waals surface area contributed by atoms with Crippen LogP contribution < -0.4 is 10.6 Å². The van der Waals surface area contributed by atoms with Gasteiger partial charge in [0.1, 0.15) is 0 Å². The number of benzene rings is 1. The molecule has 0 fully saturated rings. The molecule has 0 aliphatic heterocycles. The van der Waals surface area contributed by atoms with Crippen LogP contribution in [-0.4, -0.2) is 40.3 Å². The van der Waals surface area contributed by atoms with Crippen LogP contribution in [0.3, 0.4) is 0 Å². The van der Waals surface area contributed by atoms with Crippen LogP contribution in [0.15, 0.2) is 29.3 Å². The van der Waals surface area contributed by atoms with Crippen molar-refractivity contribution in [1.82, 2.24) is 10.6 Å². The Morgan fingerprint density at radius 1 is 1.29 bits per heavy atom. The summed E-state index contributed by atoms with van der Waals surface area (Å²) in [5.74, 6) is 1.44. The molecule has 2 unspecified atom stereocenters. The monoisotopic (exact) mass is 463 g/mol. The van der Waals surface area contributed by atoms with Crippen LogP contribution in [0.4, 0.5) is 0 Å². The SMILES string of the molecule is CN=C(NCCS(=O)C(C)(C)C)NC1CCc2ccccc2C1.I. The van der Waals surface area contributed by atoms with E-state index >= 15 is 0 Å². The Morgan fingerprint density at radius 2 is 1.96 bits per heavy atom. The molecule has 4 nitrogen and oxygen atoms in total. The highest BCUT2D eigenvalue weighted by Gasteiger charge is 2.20. The summed E-state index contributed by atoms with van der Waals surface area (Å²) in [6, 6.07) is 9.06. The second-order valence-corrected chi connectivity index (χ2v) is 9.34. The predicted molar refractivity (Wildman–Crippen MR) is 115 cm³/mol. The van der Waals surface area contributed by atoms with E-state index in [4.69, 9.17) is 0 Å². The van der Waals surface area contributed by atoms with Crippen LogP contribution in [-0.2, 0) is 23.6 Å². The molecule has 0 bridgehead atoms. The van der Waals surface area contributed by atoms with E-state index in [0.29, 0.717) is 18.3 Å². The fourth-order valence-corrected chi connectivity index (χ4v) is 3.68. The molecule has 1 aromatic carbocycles. The van der Waals surface area contributed by atoms with Crippen molar-refractivity contribution in [3.8, 4) is 0 Å². The van der Waals surface area contributed by atoms with E-state index in [0.717, 1.165) is 25.2 Å². The van der Waals surface area contributed by atoms with Gasteiger partial charge in [-0.15, -0.1) is 24.0 Å². The first-order valence-electron chi connectivity index (χ1n) is 8.32. The van der Waals surface area contributed by atoms with E-state index in [1.165, 1.54) is 11.1 Å². The van der Waals surface area contributed by atoms with Gasteiger partial charge in [0.2, 0.25) is 0 Å². The van der Waals surface area contributed by atoms with Gasteiger partial charge >= 0.3 is 0 Å². The fourth-order valence-electron chi connectivity index (χ4n) is 2.78. The zero-order valence-electron chi connectivity index (χ0n) is 15.1. The van der Waals surface area contributed by atoms with Crippen molar-refractivity contribution in [3.63, 3.8) is 0 Å².